The SMILES string of the molecule is NCCC1CCN(c2ccc(F)cc2)C(=O)O1. The van der Waals surface area contributed by atoms with Gasteiger partial charge in [-0.1, -0.05) is 0 Å². The smallest absolute Gasteiger partial charge is 0.414 e. The number of hydrogen-bond donors (Lipinski definition) is 1. The van der Waals surface area contributed by atoms with E-state index in [9.17, 15) is 9.18 Å². The highest BCUT2D eigenvalue weighted by atomic mass is 19.1. The molecular formula is C12H15FN2O2. The van der Waals surface area contributed by atoms with Gasteiger partial charge in [0.1, 0.15) is 11.9 Å². The third-order valence-electron chi connectivity index (χ3n) is 2.79. The summed E-state index contributed by atoms with van der Waals surface area (Å²) in [6.07, 6.45) is 0.953. The third-order valence-corrected chi connectivity index (χ3v) is 2.79. The van der Waals surface area contributed by atoms with Gasteiger partial charge < -0.3 is 10.5 Å². The topological polar surface area (TPSA) is 55.6 Å². The lowest BCUT2D eigenvalue weighted by atomic mass is 10.1. The normalized spacial score (nSPS) is 20.2. The Morgan fingerprint density at radius 2 is 2.12 bits per heavy atom. The summed E-state index contributed by atoms with van der Waals surface area (Å²) in [7, 11) is 0. The van der Waals surface area contributed by atoms with Gasteiger partial charge in [-0.3, -0.25) is 4.90 Å². The highest BCUT2D eigenvalue weighted by Gasteiger charge is 2.27. The standard InChI is InChI=1S/C12H15FN2O2/c13-9-1-3-10(4-2-9)15-8-6-11(5-7-14)17-12(15)16/h1-4,11H,5-8,14H2. The van der Waals surface area contributed by atoms with Crippen molar-refractivity contribution in [1.82, 2.24) is 0 Å². The van der Waals surface area contributed by atoms with Crippen molar-refractivity contribution in [3.63, 3.8) is 0 Å². The summed E-state index contributed by atoms with van der Waals surface area (Å²) in [5.74, 6) is -0.319. The summed E-state index contributed by atoms with van der Waals surface area (Å²) in [4.78, 5) is 13.2. The minimum atomic E-state index is -0.388. The Morgan fingerprint density at radius 3 is 2.71 bits per heavy atom. The molecule has 0 aromatic heterocycles. The van der Waals surface area contributed by atoms with E-state index in [-0.39, 0.29) is 18.0 Å². The molecule has 1 fully saturated rings. The quantitative estimate of drug-likeness (QED) is 0.874. The average molecular weight is 238 g/mol. The first-order chi connectivity index (χ1) is 8.20. The fourth-order valence-corrected chi connectivity index (χ4v) is 1.87. The molecule has 1 saturated heterocycles. The first-order valence-corrected chi connectivity index (χ1v) is 5.64. The van der Waals surface area contributed by atoms with Crippen molar-refractivity contribution in [1.29, 1.82) is 0 Å². The molecule has 5 heteroatoms. The van der Waals surface area contributed by atoms with Gasteiger partial charge in [-0.15, -0.1) is 0 Å². The van der Waals surface area contributed by atoms with Crippen LogP contribution in [0.2, 0.25) is 0 Å². The number of carbonyl (C=O) groups excluding carboxylic acids is 1. The average Bonchev–Trinajstić information content (AvgIpc) is 2.31. The Balaban J connectivity index is 2.04. The molecule has 1 atom stereocenters. The van der Waals surface area contributed by atoms with Gasteiger partial charge in [0.2, 0.25) is 0 Å². The highest BCUT2D eigenvalue weighted by molar-refractivity contribution is 5.88. The first kappa shape index (κ1) is 11.9. The Kier molecular flexibility index (Phi) is 3.58. The Morgan fingerprint density at radius 1 is 1.41 bits per heavy atom. The second-order valence-corrected chi connectivity index (χ2v) is 4.00. The van der Waals surface area contributed by atoms with E-state index in [1.165, 1.54) is 17.0 Å². The molecule has 0 bridgehead atoms. The van der Waals surface area contributed by atoms with Gasteiger partial charge in [-0.2, -0.15) is 0 Å². The molecule has 1 aliphatic rings. The van der Waals surface area contributed by atoms with Gasteiger partial charge in [-0.05, 0) is 37.2 Å². The van der Waals surface area contributed by atoms with E-state index in [1.54, 1.807) is 12.1 Å². The minimum absolute atomic E-state index is 0.0933. The van der Waals surface area contributed by atoms with Crippen molar-refractivity contribution in [2.24, 2.45) is 5.73 Å². The van der Waals surface area contributed by atoms with Crippen molar-refractivity contribution in [3.05, 3.63) is 30.1 Å². The zero-order valence-electron chi connectivity index (χ0n) is 9.43. The molecule has 1 aliphatic heterocycles. The van der Waals surface area contributed by atoms with E-state index < -0.39 is 0 Å². The van der Waals surface area contributed by atoms with Crippen LogP contribution in [-0.4, -0.2) is 25.3 Å². The van der Waals surface area contributed by atoms with Crippen LogP contribution in [0.3, 0.4) is 0 Å². The van der Waals surface area contributed by atoms with E-state index in [0.29, 0.717) is 25.2 Å². The van der Waals surface area contributed by atoms with Gasteiger partial charge >= 0.3 is 6.09 Å². The lowest BCUT2D eigenvalue weighted by molar-refractivity contribution is 0.0807. The lowest BCUT2D eigenvalue weighted by Crippen LogP contribution is -2.42. The fraction of sp³-hybridized carbons (Fsp3) is 0.417. The maximum Gasteiger partial charge on any atom is 0.414 e. The number of carbonyl (C=O) groups is 1. The predicted octanol–water partition coefficient (Wildman–Crippen LogP) is 1.89. The fourth-order valence-electron chi connectivity index (χ4n) is 1.87. The van der Waals surface area contributed by atoms with E-state index >= 15 is 0 Å². The Labute approximate surface area is 99.2 Å². The lowest BCUT2D eigenvalue weighted by Gasteiger charge is -2.31. The number of ether oxygens (including phenoxy) is 1. The van der Waals surface area contributed by atoms with Crippen LogP contribution in [0.4, 0.5) is 14.9 Å². The molecule has 0 saturated carbocycles. The maximum atomic E-state index is 12.8. The molecule has 1 unspecified atom stereocenters. The second-order valence-electron chi connectivity index (χ2n) is 4.00. The van der Waals surface area contributed by atoms with Gasteiger partial charge in [0.25, 0.3) is 0 Å². The number of rotatable bonds is 3. The maximum absolute atomic E-state index is 12.8. The van der Waals surface area contributed by atoms with Crippen molar-refractivity contribution in [3.8, 4) is 0 Å². The van der Waals surface area contributed by atoms with Crippen LogP contribution < -0.4 is 10.6 Å². The number of nitrogens with zero attached hydrogens (tertiary/aromatic N) is 1. The van der Waals surface area contributed by atoms with Crippen LogP contribution in [-0.2, 0) is 4.74 Å². The summed E-state index contributed by atoms with van der Waals surface area (Å²) in [5, 5.41) is 0. The predicted molar refractivity (Wildman–Crippen MR) is 62.3 cm³/mol. The van der Waals surface area contributed by atoms with E-state index in [4.69, 9.17) is 10.5 Å². The summed E-state index contributed by atoms with van der Waals surface area (Å²) in [6, 6.07) is 5.79. The molecule has 0 aliphatic carbocycles. The molecule has 92 valence electrons. The summed E-state index contributed by atoms with van der Waals surface area (Å²) < 4.78 is 18.0. The monoisotopic (exact) mass is 238 g/mol. The minimum Gasteiger partial charge on any atom is -0.446 e. The molecule has 17 heavy (non-hydrogen) atoms. The largest absolute Gasteiger partial charge is 0.446 e. The molecule has 1 aromatic rings. The van der Waals surface area contributed by atoms with Crippen LogP contribution in [0.25, 0.3) is 0 Å². The number of halogens is 1. The van der Waals surface area contributed by atoms with Crippen LogP contribution in [0.1, 0.15) is 12.8 Å². The summed E-state index contributed by atoms with van der Waals surface area (Å²) in [6.45, 7) is 1.09. The summed E-state index contributed by atoms with van der Waals surface area (Å²) in [5.41, 5.74) is 6.08. The highest BCUT2D eigenvalue weighted by Crippen LogP contribution is 2.22. The second kappa shape index (κ2) is 5.14. The van der Waals surface area contributed by atoms with E-state index in [1.807, 2.05) is 0 Å². The van der Waals surface area contributed by atoms with E-state index in [2.05, 4.69) is 0 Å². The number of benzene rings is 1. The molecule has 1 amide bonds. The van der Waals surface area contributed by atoms with Gasteiger partial charge in [0.05, 0.1) is 0 Å². The molecule has 4 nitrogen and oxygen atoms in total. The van der Waals surface area contributed by atoms with Crippen LogP contribution in [0.15, 0.2) is 24.3 Å². The molecule has 2 rings (SSSR count). The molecule has 1 aromatic carbocycles. The number of hydrogen-bond acceptors (Lipinski definition) is 3. The van der Waals surface area contributed by atoms with Gasteiger partial charge in [-0.25, -0.2) is 9.18 Å². The number of amides is 1. The van der Waals surface area contributed by atoms with Crippen molar-refractivity contribution < 1.29 is 13.9 Å². The van der Waals surface area contributed by atoms with Gasteiger partial charge in [0, 0.05) is 18.7 Å². The van der Waals surface area contributed by atoms with Crippen molar-refractivity contribution in [2.45, 2.75) is 18.9 Å². The molecule has 1 heterocycles. The number of nitrogens with two attached hydrogens (primary N) is 1. The Bertz CT molecular complexity index is 394. The van der Waals surface area contributed by atoms with Crippen molar-refractivity contribution >= 4 is 11.8 Å². The molecule has 2 N–H and O–H groups in total. The van der Waals surface area contributed by atoms with Crippen molar-refractivity contribution in [2.75, 3.05) is 18.0 Å². The zero-order valence-corrected chi connectivity index (χ0v) is 9.43. The van der Waals surface area contributed by atoms with Gasteiger partial charge in [0.15, 0.2) is 0 Å². The molecule has 0 spiro atoms. The number of anilines is 1. The van der Waals surface area contributed by atoms with E-state index in [0.717, 1.165) is 6.42 Å². The molecular weight excluding hydrogens is 223 g/mol. The number of cyclic esters (lactones) is 1. The third kappa shape index (κ3) is 2.74. The van der Waals surface area contributed by atoms with Crippen LogP contribution in [0, 0.1) is 5.82 Å². The molecule has 0 radical (unpaired) electrons. The first-order valence-electron chi connectivity index (χ1n) is 5.64. The Hall–Kier alpha value is -1.62. The van der Waals surface area contributed by atoms with Crippen LogP contribution >= 0.6 is 0 Å². The zero-order chi connectivity index (χ0) is 12.3. The summed E-state index contributed by atoms with van der Waals surface area (Å²) >= 11 is 0. The van der Waals surface area contributed by atoms with Crippen LogP contribution in [0.5, 0.6) is 0 Å².